The van der Waals surface area contributed by atoms with Crippen LogP contribution in [0.1, 0.15) is 112 Å². The summed E-state index contributed by atoms with van der Waals surface area (Å²) in [5.74, 6) is 0.0553. The summed E-state index contributed by atoms with van der Waals surface area (Å²) in [6.07, 6.45) is 4.92. The van der Waals surface area contributed by atoms with E-state index in [1.807, 2.05) is 45.0 Å². The first-order valence-electron chi connectivity index (χ1n) is 14.5. The van der Waals surface area contributed by atoms with Crippen LogP contribution >= 0.6 is 0 Å². The van der Waals surface area contributed by atoms with Gasteiger partial charge in [-0.2, -0.15) is 0 Å². The van der Waals surface area contributed by atoms with Crippen LogP contribution in [0, 0.1) is 11.8 Å². The zero-order chi connectivity index (χ0) is 29.8. The second kappa shape index (κ2) is 16.3. The van der Waals surface area contributed by atoms with E-state index in [9.17, 15) is 14.4 Å². The fourth-order valence-electron chi connectivity index (χ4n) is 4.41. The van der Waals surface area contributed by atoms with Crippen molar-refractivity contribution < 1.29 is 19.1 Å². The lowest BCUT2D eigenvalue weighted by atomic mass is 9.94. The molecule has 0 bridgehead atoms. The van der Waals surface area contributed by atoms with Gasteiger partial charge >= 0.3 is 6.09 Å². The highest BCUT2D eigenvalue weighted by molar-refractivity contribution is 5.92. The van der Waals surface area contributed by atoms with Gasteiger partial charge in [-0.05, 0) is 82.4 Å². The van der Waals surface area contributed by atoms with E-state index in [0.717, 1.165) is 31.2 Å². The maximum Gasteiger partial charge on any atom is 0.408 e. The van der Waals surface area contributed by atoms with E-state index in [4.69, 9.17) is 4.74 Å². The maximum atomic E-state index is 14.4. The summed E-state index contributed by atoms with van der Waals surface area (Å²) < 4.78 is 5.50. The van der Waals surface area contributed by atoms with E-state index < -0.39 is 23.8 Å². The fourth-order valence-corrected chi connectivity index (χ4v) is 4.41. The molecular formula is C32H53N3O4. The van der Waals surface area contributed by atoms with Crippen molar-refractivity contribution in [3.05, 3.63) is 42.0 Å². The van der Waals surface area contributed by atoms with Crippen molar-refractivity contribution in [1.29, 1.82) is 0 Å². The van der Waals surface area contributed by atoms with Crippen LogP contribution in [0.3, 0.4) is 0 Å². The van der Waals surface area contributed by atoms with Crippen LogP contribution in [-0.2, 0) is 14.3 Å². The number of unbranched alkanes of at least 4 members (excludes halogenated alkanes) is 1. The van der Waals surface area contributed by atoms with Gasteiger partial charge in [0.05, 0.1) is 0 Å². The summed E-state index contributed by atoms with van der Waals surface area (Å²) >= 11 is 0. The second-order valence-corrected chi connectivity index (χ2v) is 12.3. The molecular weight excluding hydrogens is 490 g/mol. The summed E-state index contributed by atoms with van der Waals surface area (Å²) in [6.45, 7) is 22.1. The predicted octanol–water partition coefficient (Wildman–Crippen LogP) is 6.88. The van der Waals surface area contributed by atoms with Gasteiger partial charge in [0, 0.05) is 12.6 Å². The molecule has 1 aromatic carbocycles. The smallest absolute Gasteiger partial charge is 0.408 e. The zero-order valence-corrected chi connectivity index (χ0v) is 25.8. The SMILES string of the molecule is C=Cc1cccc(C(C(=O)NCCCC)N(C(=O)C(CC(C)C)NC(=O)OC(C)(C)C)C(C)CCC(C)C)c1. The second-order valence-electron chi connectivity index (χ2n) is 12.3. The molecule has 1 rings (SSSR count). The van der Waals surface area contributed by atoms with Crippen molar-refractivity contribution in [2.45, 2.75) is 118 Å². The maximum absolute atomic E-state index is 14.4. The van der Waals surface area contributed by atoms with E-state index >= 15 is 0 Å². The summed E-state index contributed by atoms with van der Waals surface area (Å²) in [6, 6.07) is 5.65. The molecule has 1 aromatic rings. The minimum atomic E-state index is -0.855. The Labute approximate surface area is 237 Å². The molecule has 2 N–H and O–H groups in total. The average Bonchev–Trinajstić information content (AvgIpc) is 2.83. The van der Waals surface area contributed by atoms with Crippen molar-refractivity contribution in [3.63, 3.8) is 0 Å². The number of nitrogens with one attached hydrogen (secondary N) is 2. The molecule has 0 aliphatic rings. The van der Waals surface area contributed by atoms with Crippen molar-refractivity contribution in [3.8, 4) is 0 Å². The highest BCUT2D eigenvalue weighted by Gasteiger charge is 2.39. The van der Waals surface area contributed by atoms with Gasteiger partial charge in [-0.3, -0.25) is 9.59 Å². The Kier molecular flexibility index (Phi) is 14.3. The van der Waals surface area contributed by atoms with Gasteiger partial charge in [0.15, 0.2) is 0 Å². The van der Waals surface area contributed by atoms with Gasteiger partial charge in [0.25, 0.3) is 0 Å². The molecule has 3 amide bonds. The molecule has 0 aliphatic carbocycles. The molecule has 0 radical (unpaired) electrons. The van der Waals surface area contributed by atoms with Gasteiger partial charge in [-0.1, -0.05) is 71.9 Å². The zero-order valence-electron chi connectivity index (χ0n) is 25.8. The third-order valence-electron chi connectivity index (χ3n) is 6.41. The summed E-state index contributed by atoms with van der Waals surface area (Å²) in [5.41, 5.74) is 0.880. The van der Waals surface area contributed by atoms with Gasteiger partial charge in [0.2, 0.25) is 11.8 Å². The molecule has 0 aromatic heterocycles. The average molecular weight is 544 g/mol. The van der Waals surface area contributed by atoms with E-state index in [0.29, 0.717) is 24.4 Å². The fraction of sp³-hybridized carbons (Fsp3) is 0.656. The molecule has 0 spiro atoms. The van der Waals surface area contributed by atoms with Crippen LogP contribution in [0.25, 0.3) is 6.08 Å². The van der Waals surface area contributed by atoms with Gasteiger partial charge in [0.1, 0.15) is 17.7 Å². The molecule has 0 saturated carbocycles. The number of rotatable bonds is 15. The monoisotopic (exact) mass is 543 g/mol. The summed E-state index contributed by atoms with van der Waals surface area (Å²) in [4.78, 5) is 42.7. The molecule has 0 saturated heterocycles. The lowest BCUT2D eigenvalue weighted by Crippen LogP contribution is -2.56. The van der Waals surface area contributed by atoms with E-state index in [1.54, 1.807) is 31.7 Å². The molecule has 3 atom stereocenters. The highest BCUT2D eigenvalue weighted by Crippen LogP contribution is 2.29. The predicted molar refractivity (Wildman–Crippen MR) is 160 cm³/mol. The number of hydrogen-bond acceptors (Lipinski definition) is 4. The largest absolute Gasteiger partial charge is 0.444 e. The molecule has 7 heteroatoms. The number of hydrogen-bond donors (Lipinski definition) is 2. The normalized spacial score (nSPS) is 13.9. The Morgan fingerprint density at radius 1 is 1.05 bits per heavy atom. The van der Waals surface area contributed by atoms with Crippen molar-refractivity contribution in [2.75, 3.05) is 6.54 Å². The summed E-state index contributed by atoms with van der Waals surface area (Å²) in [7, 11) is 0. The number of amides is 3. The first-order valence-corrected chi connectivity index (χ1v) is 14.5. The Bertz CT molecular complexity index is 936. The molecule has 3 unspecified atom stereocenters. The number of benzene rings is 1. The first-order chi connectivity index (χ1) is 18.2. The lowest BCUT2D eigenvalue weighted by Gasteiger charge is -2.39. The molecule has 7 nitrogen and oxygen atoms in total. The standard InChI is InChI=1S/C32H53N3O4/c1-11-13-19-33-29(36)28(26-16-14-15-25(12-2)21-26)35(24(7)18-17-22(3)4)30(37)27(20-23(5)6)34-31(38)39-32(8,9)10/h12,14-16,21-24,27-28H,2,11,13,17-20H2,1,3-10H3,(H,33,36)(H,34,38). The van der Waals surface area contributed by atoms with E-state index in [-0.39, 0.29) is 23.8 Å². The van der Waals surface area contributed by atoms with Gasteiger partial charge in [-0.15, -0.1) is 0 Å². The first kappa shape index (κ1) is 34.2. The van der Waals surface area contributed by atoms with Crippen LogP contribution in [0.4, 0.5) is 4.79 Å². The number of ether oxygens (including phenoxy) is 1. The third kappa shape index (κ3) is 12.3. The number of carbonyl (C=O) groups excluding carboxylic acids is 3. The molecule has 0 aliphatic heterocycles. The molecule has 220 valence electrons. The number of nitrogens with zero attached hydrogens (tertiary/aromatic N) is 1. The minimum absolute atomic E-state index is 0.127. The van der Waals surface area contributed by atoms with Crippen LogP contribution in [-0.4, -0.2) is 47.0 Å². The van der Waals surface area contributed by atoms with Gasteiger partial charge in [-0.25, -0.2) is 4.79 Å². The van der Waals surface area contributed by atoms with Gasteiger partial charge < -0.3 is 20.3 Å². The molecule has 39 heavy (non-hydrogen) atoms. The summed E-state index contributed by atoms with van der Waals surface area (Å²) in [5, 5.41) is 5.88. The Hall–Kier alpha value is -2.83. The van der Waals surface area contributed by atoms with E-state index in [2.05, 4.69) is 38.0 Å². The quantitative estimate of drug-likeness (QED) is 0.236. The molecule has 0 fully saturated rings. The van der Waals surface area contributed by atoms with Crippen molar-refractivity contribution in [1.82, 2.24) is 15.5 Å². The van der Waals surface area contributed by atoms with Crippen molar-refractivity contribution >= 4 is 24.0 Å². The topological polar surface area (TPSA) is 87.7 Å². The highest BCUT2D eigenvalue weighted by atomic mass is 16.6. The number of carbonyl (C=O) groups is 3. The van der Waals surface area contributed by atoms with Crippen molar-refractivity contribution in [2.24, 2.45) is 11.8 Å². The number of alkyl carbamates (subject to hydrolysis) is 1. The third-order valence-corrected chi connectivity index (χ3v) is 6.41. The van der Waals surface area contributed by atoms with Crippen LogP contribution < -0.4 is 10.6 Å². The molecule has 0 heterocycles. The minimum Gasteiger partial charge on any atom is -0.444 e. The lowest BCUT2D eigenvalue weighted by molar-refractivity contribution is -0.145. The van der Waals surface area contributed by atoms with Crippen LogP contribution in [0.5, 0.6) is 0 Å². The van der Waals surface area contributed by atoms with Crippen LogP contribution in [0.2, 0.25) is 0 Å². The van der Waals surface area contributed by atoms with E-state index in [1.165, 1.54) is 0 Å². The Balaban J connectivity index is 3.63. The Morgan fingerprint density at radius 3 is 2.26 bits per heavy atom. The van der Waals surface area contributed by atoms with Crippen LogP contribution in [0.15, 0.2) is 30.8 Å². The Morgan fingerprint density at radius 2 is 1.72 bits per heavy atom.